The Labute approximate surface area is 124 Å². The summed E-state index contributed by atoms with van der Waals surface area (Å²) < 4.78 is 0. The van der Waals surface area contributed by atoms with Gasteiger partial charge in [0.15, 0.2) is 5.96 Å². The predicted molar refractivity (Wildman–Crippen MR) is 86.0 cm³/mol. The van der Waals surface area contributed by atoms with Crippen molar-refractivity contribution in [2.45, 2.75) is 59.3 Å². The van der Waals surface area contributed by atoms with Crippen LogP contribution in [0.3, 0.4) is 0 Å². The summed E-state index contributed by atoms with van der Waals surface area (Å²) in [6, 6.07) is 0. The SMILES string of the molecule is CCNC(=NCC1(CCO)CCCCC1)NCC(C)C. The van der Waals surface area contributed by atoms with Gasteiger partial charge in [-0.05, 0) is 37.5 Å². The lowest BCUT2D eigenvalue weighted by Gasteiger charge is -2.35. The van der Waals surface area contributed by atoms with Gasteiger partial charge in [-0.3, -0.25) is 4.99 Å². The van der Waals surface area contributed by atoms with Gasteiger partial charge >= 0.3 is 0 Å². The molecule has 0 atom stereocenters. The molecule has 0 unspecified atom stereocenters. The van der Waals surface area contributed by atoms with E-state index in [1.54, 1.807) is 0 Å². The molecule has 1 saturated carbocycles. The van der Waals surface area contributed by atoms with Crippen LogP contribution in [0.4, 0.5) is 0 Å². The van der Waals surface area contributed by atoms with Gasteiger partial charge in [-0.25, -0.2) is 0 Å². The Bertz CT molecular complexity index is 278. The monoisotopic (exact) mass is 283 g/mol. The fourth-order valence-corrected chi connectivity index (χ4v) is 2.92. The van der Waals surface area contributed by atoms with Gasteiger partial charge in [0.25, 0.3) is 0 Å². The number of aliphatic hydroxyl groups excluding tert-OH is 1. The van der Waals surface area contributed by atoms with Gasteiger partial charge in [0, 0.05) is 26.2 Å². The topological polar surface area (TPSA) is 56.7 Å². The first-order chi connectivity index (χ1) is 9.62. The molecule has 4 heteroatoms. The van der Waals surface area contributed by atoms with E-state index < -0.39 is 0 Å². The molecule has 1 aliphatic carbocycles. The smallest absolute Gasteiger partial charge is 0.191 e. The molecule has 0 spiro atoms. The zero-order valence-electron chi connectivity index (χ0n) is 13.5. The van der Waals surface area contributed by atoms with Gasteiger partial charge < -0.3 is 15.7 Å². The van der Waals surface area contributed by atoms with Gasteiger partial charge in [0.05, 0.1) is 0 Å². The molecule has 0 saturated heterocycles. The van der Waals surface area contributed by atoms with Crippen LogP contribution in [0.1, 0.15) is 59.3 Å². The highest BCUT2D eigenvalue weighted by atomic mass is 16.3. The number of nitrogens with one attached hydrogen (secondary N) is 2. The summed E-state index contributed by atoms with van der Waals surface area (Å²) >= 11 is 0. The van der Waals surface area contributed by atoms with Crippen molar-refractivity contribution in [1.82, 2.24) is 10.6 Å². The number of aliphatic hydroxyl groups is 1. The van der Waals surface area contributed by atoms with E-state index in [2.05, 4.69) is 31.4 Å². The minimum atomic E-state index is 0.229. The van der Waals surface area contributed by atoms with Crippen LogP contribution < -0.4 is 10.6 Å². The predicted octanol–water partition coefficient (Wildman–Crippen LogP) is 2.53. The highest BCUT2D eigenvalue weighted by Crippen LogP contribution is 2.39. The molecule has 0 radical (unpaired) electrons. The van der Waals surface area contributed by atoms with Crippen molar-refractivity contribution in [2.24, 2.45) is 16.3 Å². The van der Waals surface area contributed by atoms with Crippen molar-refractivity contribution in [3.8, 4) is 0 Å². The number of hydrogen-bond acceptors (Lipinski definition) is 2. The second kappa shape index (κ2) is 9.22. The molecule has 0 bridgehead atoms. The summed E-state index contributed by atoms with van der Waals surface area (Å²) in [6.07, 6.45) is 7.21. The molecule has 0 amide bonds. The van der Waals surface area contributed by atoms with Gasteiger partial charge in [0.2, 0.25) is 0 Å². The van der Waals surface area contributed by atoms with Crippen molar-refractivity contribution in [1.29, 1.82) is 0 Å². The van der Waals surface area contributed by atoms with E-state index in [1.165, 1.54) is 32.1 Å². The first kappa shape index (κ1) is 17.3. The molecule has 0 aliphatic heterocycles. The third kappa shape index (κ3) is 6.12. The summed E-state index contributed by atoms with van der Waals surface area (Å²) in [6.45, 7) is 9.44. The van der Waals surface area contributed by atoms with Crippen molar-refractivity contribution >= 4 is 5.96 Å². The van der Waals surface area contributed by atoms with Crippen molar-refractivity contribution in [3.05, 3.63) is 0 Å². The molecule has 0 aromatic heterocycles. The van der Waals surface area contributed by atoms with Gasteiger partial charge in [0.1, 0.15) is 0 Å². The average molecular weight is 283 g/mol. The summed E-state index contributed by atoms with van der Waals surface area (Å²) in [5.74, 6) is 1.53. The standard InChI is InChI=1S/C16H33N3O/c1-4-17-15(18-12-14(2)3)19-13-16(10-11-20)8-6-5-7-9-16/h14,20H,4-13H2,1-3H3,(H2,17,18,19). The Kier molecular flexibility index (Phi) is 7.97. The van der Waals surface area contributed by atoms with Crippen LogP contribution in [0, 0.1) is 11.3 Å². The number of hydrogen-bond donors (Lipinski definition) is 3. The molecule has 20 heavy (non-hydrogen) atoms. The van der Waals surface area contributed by atoms with Crippen LogP contribution in [0.2, 0.25) is 0 Å². The first-order valence-electron chi connectivity index (χ1n) is 8.25. The van der Waals surface area contributed by atoms with Crippen LogP contribution in [0.15, 0.2) is 4.99 Å². The minimum absolute atomic E-state index is 0.229. The minimum Gasteiger partial charge on any atom is -0.396 e. The Balaban J connectivity index is 2.60. The van der Waals surface area contributed by atoms with Crippen molar-refractivity contribution in [2.75, 3.05) is 26.2 Å². The third-order valence-electron chi connectivity index (χ3n) is 4.15. The molecule has 0 heterocycles. The van der Waals surface area contributed by atoms with E-state index in [4.69, 9.17) is 4.99 Å². The molecule has 0 aromatic carbocycles. The van der Waals surface area contributed by atoms with Crippen LogP contribution >= 0.6 is 0 Å². The summed E-state index contributed by atoms with van der Waals surface area (Å²) in [5, 5.41) is 16.1. The number of guanidine groups is 1. The van der Waals surface area contributed by atoms with Gasteiger partial charge in [-0.2, -0.15) is 0 Å². The number of rotatable bonds is 7. The fourth-order valence-electron chi connectivity index (χ4n) is 2.92. The summed E-state index contributed by atoms with van der Waals surface area (Å²) in [5.41, 5.74) is 0.229. The highest BCUT2D eigenvalue weighted by molar-refractivity contribution is 5.79. The maximum atomic E-state index is 9.35. The van der Waals surface area contributed by atoms with E-state index in [0.29, 0.717) is 5.92 Å². The largest absolute Gasteiger partial charge is 0.396 e. The normalized spacial score (nSPS) is 19.1. The molecule has 3 N–H and O–H groups in total. The van der Waals surface area contributed by atoms with Gasteiger partial charge in [-0.1, -0.05) is 33.1 Å². The molecule has 118 valence electrons. The molecule has 4 nitrogen and oxygen atoms in total. The lowest BCUT2D eigenvalue weighted by molar-refractivity contribution is 0.137. The zero-order valence-corrected chi connectivity index (χ0v) is 13.5. The van der Waals surface area contributed by atoms with Crippen LogP contribution in [-0.2, 0) is 0 Å². The number of aliphatic imine (C=N–C) groups is 1. The Morgan fingerprint density at radius 3 is 2.45 bits per heavy atom. The zero-order chi connectivity index (χ0) is 14.8. The second-order valence-electron chi connectivity index (χ2n) is 6.50. The fraction of sp³-hybridized carbons (Fsp3) is 0.938. The van der Waals surface area contributed by atoms with Crippen LogP contribution in [0.25, 0.3) is 0 Å². The molecular weight excluding hydrogens is 250 g/mol. The van der Waals surface area contributed by atoms with Crippen LogP contribution in [-0.4, -0.2) is 37.3 Å². The van der Waals surface area contributed by atoms with Crippen LogP contribution in [0.5, 0.6) is 0 Å². The van der Waals surface area contributed by atoms with Gasteiger partial charge in [-0.15, -0.1) is 0 Å². The number of nitrogens with zero attached hydrogens (tertiary/aromatic N) is 1. The maximum Gasteiger partial charge on any atom is 0.191 e. The molecule has 1 aliphatic rings. The van der Waals surface area contributed by atoms with E-state index in [1.807, 2.05) is 0 Å². The van der Waals surface area contributed by atoms with Crippen molar-refractivity contribution < 1.29 is 5.11 Å². The maximum absolute atomic E-state index is 9.35. The third-order valence-corrected chi connectivity index (χ3v) is 4.15. The molecule has 1 fully saturated rings. The summed E-state index contributed by atoms with van der Waals surface area (Å²) in [4.78, 5) is 4.78. The van der Waals surface area contributed by atoms with E-state index in [9.17, 15) is 5.11 Å². The molecule has 1 rings (SSSR count). The van der Waals surface area contributed by atoms with Crippen molar-refractivity contribution in [3.63, 3.8) is 0 Å². The lowest BCUT2D eigenvalue weighted by atomic mass is 9.72. The van der Waals surface area contributed by atoms with E-state index in [0.717, 1.165) is 32.0 Å². The quantitative estimate of drug-likeness (QED) is 0.497. The molecular formula is C16H33N3O. The summed E-state index contributed by atoms with van der Waals surface area (Å²) in [7, 11) is 0. The first-order valence-corrected chi connectivity index (χ1v) is 8.25. The van der Waals surface area contributed by atoms with E-state index in [-0.39, 0.29) is 12.0 Å². The van der Waals surface area contributed by atoms with E-state index >= 15 is 0 Å². The highest BCUT2D eigenvalue weighted by Gasteiger charge is 2.31. The second-order valence-corrected chi connectivity index (χ2v) is 6.50. The Morgan fingerprint density at radius 1 is 1.20 bits per heavy atom. The lowest BCUT2D eigenvalue weighted by Crippen LogP contribution is -2.40. The average Bonchev–Trinajstić information content (AvgIpc) is 2.43. The Hall–Kier alpha value is -0.770. The Morgan fingerprint density at radius 2 is 1.90 bits per heavy atom. The molecule has 0 aromatic rings.